The number of rotatable bonds is 4. The van der Waals surface area contributed by atoms with E-state index in [1.54, 1.807) is 6.07 Å². The van der Waals surface area contributed by atoms with E-state index in [9.17, 15) is 4.39 Å². The summed E-state index contributed by atoms with van der Waals surface area (Å²) in [5.41, 5.74) is 14.4. The second kappa shape index (κ2) is 5.76. The highest BCUT2D eigenvalue weighted by molar-refractivity contribution is 5.83. The van der Waals surface area contributed by atoms with Crippen molar-refractivity contribution >= 4 is 16.6 Å². The summed E-state index contributed by atoms with van der Waals surface area (Å²) in [5, 5.41) is 9.11. The Morgan fingerprint density at radius 2 is 2.26 bits per heavy atom. The van der Waals surface area contributed by atoms with Gasteiger partial charge < -0.3 is 16.0 Å². The zero-order chi connectivity index (χ0) is 16.6. The molecule has 1 unspecified atom stereocenters. The van der Waals surface area contributed by atoms with E-state index in [1.807, 2.05) is 12.1 Å². The van der Waals surface area contributed by atoms with Crippen molar-refractivity contribution in [3.05, 3.63) is 47.6 Å². The fourth-order valence-electron chi connectivity index (χ4n) is 2.55. The predicted octanol–water partition coefficient (Wildman–Crippen LogP) is 2.74. The molecule has 23 heavy (non-hydrogen) atoms. The van der Waals surface area contributed by atoms with Gasteiger partial charge in [-0.2, -0.15) is 5.26 Å². The first kappa shape index (κ1) is 15.1. The van der Waals surface area contributed by atoms with Crippen molar-refractivity contribution in [3.63, 3.8) is 0 Å². The minimum absolute atomic E-state index is 0.105. The van der Waals surface area contributed by atoms with Crippen molar-refractivity contribution in [1.29, 1.82) is 5.26 Å². The molecule has 1 atom stereocenters. The standard InChI is InChI=1S/C17H18FN5/c1-10(18)14(21)7-12(9-20)17-22-15-5-2-11(8-19)6-16(15)23(17)13-3-4-13/h2,5-7,9-10,13H,3-4,20-21H2,1H3/b12-9+,14-7-. The van der Waals surface area contributed by atoms with Gasteiger partial charge in [-0.05, 0) is 44.0 Å². The van der Waals surface area contributed by atoms with Crippen molar-refractivity contribution in [3.8, 4) is 6.07 Å². The van der Waals surface area contributed by atoms with Crippen LogP contribution in [-0.4, -0.2) is 15.7 Å². The van der Waals surface area contributed by atoms with Gasteiger partial charge >= 0.3 is 0 Å². The van der Waals surface area contributed by atoms with E-state index < -0.39 is 6.17 Å². The normalized spacial score (nSPS) is 17.3. The summed E-state index contributed by atoms with van der Waals surface area (Å²) >= 11 is 0. The van der Waals surface area contributed by atoms with Crippen LogP contribution in [-0.2, 0) is 0 Å². The van der Waals surface area contributed by atoms with Crippen LogP contribution < -0.4 is 11.5 Å². The van der Waals surface area contributed by atoms with Crippen LogP contribution in [0.1, 0.15) is 37.2 Å². The molecule has 1 aliphatic rings. The lowest BCUT2D eigenvalue weighted by molar-refractivity contribution is 0.408. The molecule has 0 saturated heterocycles. The molecule has 0 aliphatic heterocycles. The minimum Gasteiger partial charge on any atom is -0.404 e. The average molecular weight is 311 g/mol. The van der Waals surface area contributed by atoms with Crippen molar-refractivity contribution in [2.75, 3.05) is 0 Å². The van der Waals surface area contributed by atoms with Gasteiger partial charge in [0.25, 0.3) is 0 Å². The van der Waals surface area contributed by atoms with E-state index in [2.05, 4.69) is 15.6 Å². The summed E-state index contributed by atoms with van der Waals surface area (Å²) in [5.74, 6) is 0.656. The van der Waals surface area contributed by atoms with Gasteiger partial charge in [-0.15, -0.1) is 0 Å². The van der Waals surface area contributed by atoms with E-state index in [0.717, 1.165) is 23.9 Å². The molecular formula is C17H18FN5. The van der Waals surface area contributed by atoms with Crippen molar-refractivity contribution in [2.24, 2.45) is 11.5 Å². The van der Waals surface area contributed by atoms with Crippen LogP contribution in [0.4, 0.5) is 4.39 Å². The molecule has 0 bridgehead atoms. The Morgan fingerprint density at radius 3 is 2.83 bits per heavy atom. The third kappa shape index (κ3) is 2.78. The molecule has 5 nitrogen and oxygen atoms in total. The highest BCUT2D eigenvalue weighted by Crippen LogP contribution is 2.40. The largest absolute Gasteiger partial charge is 0.404 e. The third-order valence-corrected chi connectivity index (χ3v) is 3.95. The quantitative estimate of drug-likeness (QED) is 0.849. The van der Waals surface area contributed by atoms with Crippen molar-refractivity contribution < 1.29 is 4.39 Å². The molecule has 2 aromatic rings. The highest BCUT2D eigenvalue weighted by atomic mass is 19.1. The van der Waals surface area contributed by atoms with Crippen LogP contribution in [0.15, 0.2) is 36.2 Å². The summed E-state index contributed by atoms with van der Waals surface area (Å²) in [7, 11) is 0. The molecular weight excluding hydrogens is 293 g/mol. The first-order valence-electron chi connectivity index (χ1n) is 7.50. The number of fused-ring (bicyclic) bond motifs is 1. The Labute approximate surface area is 133 Å². The molecule has 1 aromatic carbocycles. The zero-order valence-electron chi connectivity index (χ0n) is 12.8. The smallest absolute Gasteiger partial charge is 0.142 e. The molecule has 1 aliphatic carbocycles. The summed E-state index contributed by atoms with van der Waals surface area (Å²) in [4.78, 5) is 4.62. The maximum atomic E-state index is 13.4. The van der Waals surface area contributed by atoms with Crippen LogP contribution in [0, 0.1) is 11.3 Å². The Bertz CT molecular complexity index is 850. The third-order valence-electron chi connectivity index (χ3n) is 3.95. The zero-order valence-corrected chi connectivity index (χ0v) is 12.8. The number of imidazole rings is 1. The first-order chi connectivity index (χ1) is 11.0. The second-order valence-corrected chi connectivity index (χ2v) is 5.73. The van der Waals surface area contributed by atoms with Gasteiger partial charge in [0.05, 0.1) is 22.7 Å². The lowest BCUT2D eigenvalue weighted by atomic mass is 10.2. The number of nitriles is 1. The number of allylic oxidation sites excluding steroid dienone is 3. The molecule has 1 heterocycles. The molecule has 1 aromatic heterocycles. The van der Waals surface area contributed by atoms with E-state index in [-0.39, 0.29) is 5.70 Å². The van der Waals surface area contributed by atoms with Crippen LogP contribution in [0.2, 0.25) is 0 Å². The fourth-order valence-corrected chi connectivity index (χ4v) is 2.55. The van der Waals surface area contributed by atoms with E-state index >= 15 is 0 Å². The molecule has 0 amide bonds. The van der Waals surface area contributed by atoms with Gasteiger partial charge in [-0.3, -0.25) is 0 Å². The van der Waals surface area contributed by atoms with E-state index in [4.69, 9.17) is 16.7 Å². The monoisotopic (exact) mass is 311 g/mol. The number of hydrogen-bond donors (Lipinski definition) is 2. The number of hydrogen-bond acceptors (Lipinski definition) is 4. The van der Waals surface area contributed by atoms with Crippen molar-refractivity contribution in [2.45, 2.75) is 32.0 Å². The number of nitrogens with zero attached hydrogens (tertiary/aromatic N) is 3. The highest BCUT2D eigenvalue weighted by Gasteiger charge is 2.29. The molecule has 1 saturated carbocycles. The Morgan fingerprint density at radius 1 is 1.52 bits per heavy atom. The molecule has 0 spiro atoms. The predicted molar refractivity (Wildman–Crippen MR) is 87.7 cm³/mol. The minimum atomic E-state index is -1.26. The van der Waals surface area contributed by atoms with Gasteiger partial charge in [0.15, 0.2) is 0 Å². The second-order valence-electron chi connectivity index (χ2n) is 5.73. The van der Waals surface area contributed by atoms with Gasteiger partial charge in [0.1, 0.15) is 12.0 Å². The van der Waals surface area contributed by atoms with Crippen LogP contribution in [0.25, 0.3) is 16.6 Å². The fraction of sp³-hybridized carbons (Fsp3) is 0.294. The van der Waals surface area contributed by atoms with E-state index in [0.29, 0.717) is 23.0 Å². The SMILES string of the molecule is CC(F)/C(N)=C/C(=C\N)c1nc2ccc(C#N)cc2n1C1CC1. The number of benzene rings is 1. The lowest BCUT2D eigenvalue weighted by Crippen LogP contribution is -2.10. The van der Waals surface area contributed by atoms with Gasteiger partial charge in [-0.25, -0.2) is 9.37 Å². The number of halogens is 1. The number of nitrogens with two attached hydrogens (primary N) is 2. The molecule has 1 fully saturated rings. The van der Waals surface area contributed by atoms with Crippen LogP contribution in [0.5, 0.6) is 0 Å². The maximum Gasteiger partial charge on any atom is 0.142 e. The maximum absolute atomic E-state index is 13.4. The van der Waals surface area contributed by atoms with Crippen LogP contribution >= 0.6 is 0 Å². The van der Waals surface area contributed by atoms with Crippen LogP contribution in [0.3, 0.4) is 0 Å². The Hall–Kier alpha value is -2.81. The summed E-state index contributed by atoms with van der Waals surface area (Å²) in [6, 6.07) is 7.84. The molecule has 3 rings (SSSR count). The number of aromatic nitrogens is 2. The lowest BCUT2D eigenvalue weighted by Gasteiger charge is -2.09. The van der Waals surface area contributed by atoms with Gasteiger partial charge in [0, 0.05) is 23.5 Å². The van der Waals surface area contributed by atoms with Gasteiger partial charge in [0.2, 0.25) is 0 Å². The summed E-state index contributed by atoms with van der Waals surface area (Å²) < 4.78 is 15.4. The average Bonchev–Trinajstić information content (AvgIpc) is 3.31. The molecule has 0 radical (unpaired) electrons. The molecule has 4 N–H and O–H groups in total. The summed E-state index contributed by atoms with van der Waals surface area (Å²) in [6.45, 7) is 1.38. The Kier molecular flexibility index (Phi) is 3.78. The van der Waals surface area contributed by atoms with Crippen molar-refractivity contribution in [1.82, 2.24) is 9.55 Å². The van der Waals surface area contributed by atoms with Gasteiger partial charge in [-0.1, -0.05) is 0 Å². The summed E-state index contributed by atoms with van der Waals surface area (Å²) in [6.07, 6.45) is 3.75. The van der Waals surface area contributed by atoms with E-state index in [1.165, 1.54) is 19.2 Å². The number of alkyl halides is 1. The molecule has 6 heteroatoms. The topological polar surface area (TPSA) is 93.7 Å². The first-order valence-corrected chi connectivity index (χ1v) is 7.50. The molecule has 118 valence electrons. The Balaban J connectivity index is 2.19.